The minimum Gasteiger partial charge on any atom is -0.394 e. The summed E-state index contributed by atoms with van der Waals surface area (Å²) < 4.78 is 4.16. The summed E-state index contributed by atoms with van der Waals surface area (Å²) in [6.45, 7) is 3.73. The van der Waals surface area contributed by atoms with Gasteiger partial charge in [0.15, 0.2) is 0 Å². The summed E-state index contributed by atoms with van der Waals surface area (Å²) in [6, 6.07) is 0. The zero-order chi connectivity index (χ0) is 6.57. The third kappa shape index (κ3) is 4.33. The van der Waals surface area contributed by atoms with Crippen LogP contribution >= 0.6 is 12.9 Å². The van der Waals surface area contributed by atoms with Crippen LogP contribution in [0.3, 0.4) is 0 Å². The molecule has 0 bridgehead atoms. The predicted molar refractivity (Wildman–Crippen MR) is 41.3 cm³/mol. The van der Waals surface area contributed by atoms with E-state index >= 15 is 0 Å². The van der Waals surface area contributed by atoms with Gasteiger partial charge in [0.05, 0.1) is 5.92 Å². The highest BCUT2D eigenvalue weighted by Crippen LogP contribution is 2.03. The van der Waals surface area contributed by atoms with Gasteiger partial charge in [-0.05, 0) is 6.42 Å². The van der Waals surface area contributed by atoms with Crippen LogP contribution in [0.15, 0.2) is 0 Å². The van der Waals surface area contributed by atoms with Crippen molar-refractivity contribution in [3.05, 3.63) is 0 Å². The molecule has 0 saturated heterocycles. The maximum atomic E-state index is 10.4. The van der Waals surface area contributed by atoms with Crippen molar-refractivity contribution in [2.75, 3.05) is 0 Å². The number of rotatable bonds is 2. The first kappa shape index (κ1) is 11.6. The van der Waals surface area contributed by atoms with Crippen LogP contribution in [0.5, 0.6) is 0 Å². The summed E-state index contributed by atoms with van der Waals surface area (Å²) in [7, 11) is 0. The van der Waals surface area contributed by atoms with E-state index in [0.717, 1.165) is 6.42 Å². The van der Waals surface area contributed by atoms with E-state index in [0.29, 0.717) is 0 Å². The molecule has 9 heavy (non-hydrogen) atoms. The molecule has 0 aliphatic rings. The molecule has 0 aromatic carbocycles. The molecular weight excluding hydrogens is 136 g/mol. The highest BCUT2D eigenvalue weighted by Gasteiger charge is 2.09. The molecule has 0 aliphatic heterocycles. The Bertz CT molecular complexity index is 83.1. The van der Waals surface area contributed by atoms with E-state index in [4.69, 9.17) is 0 Å². The van der Waals surface area contributed by atoms with E-state index in [9.17, 15) is 4.79 Å². The van der Waals surface area contributed by atoms with E-state index in [1.165, 1.54) is 0 Å². The van der Waals surface area contributed by atoms with Gasteiger partial charge in [-0.1, -0.05) is 21.3 Å². The summed E-state index contributed by atoms with van der Waals surface area (Å²) >= 11 is 3.36. The fraction of sp³-hybridized carbons (Fsp3) is 0.833. The second-order valence-corrected chi connectivity index (χ2v) is 1.90. The molecule has 0 amide bonds. The molecule has 1 atom stereocenters. The van der Waals surface area contributed by atoms with Gasteiger partial charge in [-0.3, -0.25) is 4.79 Å². The zero-order valence-corrected chi connectivity index (χ0v) is 5.94. The van der Waals surface area contributed by atoms with Crippen LogP contribution in [0, 0.1) is 5.92 Å². The standard InChI is InChI=1S/C5H10O2S.CH4/c1-3-4(2)5(6)7-8;/h4,8H,3H2,1-2H3;1H4. The summed E-state index contributed by atoms with van der Waals surface area (Å²) in [5.74, 6) is -0.275. The zero-order valence-electron chi connectivity index (χ0n) is 5.05. The molecule has 1 unspecified atom stereocenters. The van der Waals surface area contributed by atoms with E-state index < -0.39 is 0 Å². The minimum absolute atomic E-state index is 0. The van der Waals surface area contributed by atoms with Crippen LogP contribution in [0.2, 0.25) is 0 Å². The van der Waals surface area contributed by atoms with Crippen molar-refractivity contribution >= 4 is 18.9 Å². The first-order valence-electron chi connectivity index (χ1n) is 2.57. The second kappa shape index (κ2) is 5.95. The van der Waals surface area contributed by atoms with Gasteiger partial charge in [0, 0.05) is 12.9 Å². The Hall–Kier alpha value is -0.180. The number of hydrogen-bond acceptors (Lipinski definition) is 3. The normalized spacial score (nSPS) is 11.4. The molecule has 0 N–H and O–H groups in total. The SMILES string of the molecule is C.CCC(C)C(=O)OS. The van der Waals surface area contributed by atoms with Gasteiger partial charge < -0.3 is 4.18 Å². The lowest BCUT2D eigenvalue weighted by Gasteiger charge is -2.01. The van der Waals surface area contributed by atoms with Gasteiger partial charge in [0.1, 0.15) is 0 Å². The fourth-order valence-electron chi connectivity index (χ4n) is 0.257. The molecule has 0 radical (unpaired) electrons. The first-order chi connectivity index (χ1) is 3.72. The molecular formula is C6H14O2S. The molecule has 0 heterocycles. The number of carbonyl (C=O) groups excluding carboxylic acids is 1. The topological polar surface area (TPSA) is 26.3 Å². The van der Waals surface area contributed by atoms with Gasteiger partial charge >= 0.3 is 5.97 Å². The Morgan fingerprint density at radius 1 is 1.78 bits per heavy atom. The lowest BCUT2D eigenvalue weighted by atomic mass is 10.1. The third-order valence-electron chi connectivity index (χ3n) is 1.10. The van der Waals surface area contributed by atoms with Crippen molar-refractivity contribution in [3.8, 4) is 0 Å². The highest BCUT2D eigenvalue weighted by atomic mass is 32.1. The Labute approximate surface area is 62.2 Å². The largest absolute Gasteiger partial charge is 0.394 e. The van der Waals surface area contributed by atoms with Crippen molar-refractivity contribution in [1.82, 2.24) is 0 Å². The van der Waals surface area contributed by atoms with Crippen molar-refractivity contribution in [2.24, 2.45) is 5.92 Å². The maximum Gasteiger partial charge on any atom is 0.320 e. The van der Waals surface area contributed by atoms with E-state index in [1.807, 2.05) is 6.92 Å². The van der Waals surface area contributed by atoms with Crippen molar-refractivity contribution < 1.29 is 8.98 Å². The van der Waals surface area contributed by atoms with Crippen molar-refractivity contribution in [1.29, 1.82) is 0 Å². The molecule has 0 aromatic heterocycles. The summed E-state index contributed by atoms with van der Waals surface area (Å²) in [4.78, 5) is 10.4. The van der Waals surface area contributed by atoms with Crippen LogP contribution in [-0.4, -0.2) is 5.97 Å². The Morgan fingerprint density at radius 2 is 2.22 bits per heavy atom. The molecule has 0 fully saturated rings. The number of carbonyl (C=O) groups is 1. The van der Waals surface area contributed by atoms with Crippen molar-refractivity contribution in [2.45, 2.75) is 27.7 Å². The first-order valence-corrected chi connectivity index (χ1v) is 2.94. The summed E-state index contributed by atoms with van der Waals surface area (Å²) in [5, 5.41) is 0. The van der Waals surface area contributed by atoms with Crippen LogP contribution in [-0.2, 0) is 8.98 Å². The summed E-state index contributed by atoms with van der Waals surface area (Å²) in [6.07, 6.45) is 0.805. The van der Waals surface area contributed by atoms with Crippen LogP contribution in [0.4, 0.5) is 0 Å². The lowest BCUT2D eigenvalue weighted by molar-refractivity contribution is -0.136. The molecule has 2 nitrogen and oxygen atoms in total. The third-order valence-corrected chi connectivity index (χ3v) is 1.28. The Balaban J connectivity index is 0. The molecule has 3 heteroatoms. The van der Waals surface area contributed by atoms with Crippen LogP contribution in [0.1, 0.15) is 27.7 Å². The number of thiol groups is 1. The average Bonchev–Trinajstić information content (AvgIpc) is 1.84. The smallest absolute Gasteiger partial charge is 0.320 e. The maximum absolute atomic E-state index is 10.4. The van der Waals surface area contributed by atoms with Gasteiger partial charge in [0.2, 0.25) is 0 Å². The lowest BCUT2D eigenvalue weighted by Crippen LogP contribution is -2.08. The molecule has 0 rings (SSSR count). The molecule has 0 aliphatic carbocycles. The van der Waals surface area contributed by atoms with Crippen molar-refractivity contribution in [3.63, 3.8) is 0 Å². The predicted octanol–water partition coefficient (Wildman–Crippen LogP) is 2.06. The summed E-state index contributed by atoms with van der Waals surface area (Å²) in [5.41, 5.74) is 0. The number of hydrogen-bond donors (Lipinski definition) is 1. The fourth-order valence-corrected chi connectivity index (χ4v) is 0.437. The van der Waals surface area contributed by atoms with Crippen LogP contribution < -0.4 is 0 Å². The van der Waals surface area contributed by atoms with E-state index in [-0.39, 0.29) is 19.3 Å². The quantitative estimate of drug-likeness (QED) is 0.481. The van der Waals surface area contributed by atoms with Gasteiger partial charge in [-0.25, -0.2) is 0 Å². The molecule has 0 spiro atoms. The Kier molecular flexibility index (Phi) is 7.66. The average molecular weight is 150 g/mol. The van der Waals surface area contributed by atoms with Gasteiger partial charge in [-0.15, -0.1) is 0 Å². The highest BCUT2D eigenvalue weighted by molar-refractivity contribution is 7.75. The minimum atomic E-state index is -0.254. The van der Waals surface area contributed by atoms with Gasteiger partial charge in [-0.2, -0.15) is 0 Å². The van der Waals surface area contributed by atoms with Gasteiger partial charge in [0.25, 0.3) is 0 Å². The van der Waals surface area contributed by atoms with E-state index in [2.05, 4.69) is 17.1 Å². The molecule has 0 aromatic rings. The van der Waals surface area contributed by atoms with E-state index in [1.54, 1.807) is 6.92 Å². The van der Waals surface area contributed by atoms with Crippen LogP contribution in [0.25, 0.3) is 0 Å². The molecule has 56 valence electrons. The Morgan fingerprint density at radius 3 is 2.33 bits per heavy atom. The second-order valence-electron chi connectivity index (χ2n) is 1.72. The monoisotopic (exact) mass is 150 g/mol. The molecule has 0 saturated carbocycles.